The van der Waals surface area contributed by atoms with Crippen molar-refractivity contribution in [2.75, 3.05) is 23.7 Å². The summed E-state index contributed by atoms with van der Waals surface area (Å²) in [6.07, 6.45) is 1.26. The molecule has 0 saturated carbocycles. The molecule has 1 N–H and O–H groups in total. The van der Waals surface area contributed by atoms with E-state index in [2.05, 4.69) is 5.32 Å². The molecule has 10 heteroatoms. The van der Waals surface area contributed by atoms with Crippen molar-refractivity contribution in [1.29, 1.82) is 0 Å². The van der Waals surface area contributed by atoms with E-state index in [1.807, 2.05) is 13.8 Å². The predicted molar refractivity (Wildman–Crippen MR) is 138 cm³/mol. The van der Waals surface area contributed by atoms with Crippen LogP contribution in [0.2, 0.25) is 0 Å². The molecule has 1 atom stereocenters. The van der Waals surface area contributed by atoms with Crippen LogP contribution in [0.4, 0.5) is 10.1 Å². The Balaban J connectivity index is 2.45. The second-order valence-corrected chi connectivity index (χ2v) is 11.0. The van der Waals surface area contributed by atoms with Crippen molar-refractivity contribution >= 4 is 33.3 Å². The van der Waals surface area contributed by atoms with Gasteiger partial charge in [0.05, 0.1) is 11.9 Å². The highest BCUT2D eigenvalue weighted by molar-refractivity contribution is 7.92. The van der Waals surface area contributed by atoms with Crippen LogP contribution in [-0.4, -0.2) is 56.3 Å². The number of hydrogen-bond acceptors (Lipinski definition) is 5. The summed E-state index contributed by atoms with van der Waals surface area (Å²) in [6, 6.07) is 10.7. The van der Waals surface area contributed by atoms with E-state index in [9.17, 15) is 27.2 Å². The van der Waals surface area contributed by atoms with E-state index in [4.69, 9.17) is 0 Å². The van der Waals surface area contributed by atoms with Crippen molar-refractivity contribution in [3.05, 3.63) is 65.5 Å². The van der Waals surface area contributed by atoms with Crippen LogP contribution in [0.5, 0.6) is 0 Å². The average Bonchev–Trinajstić information content (AvgIpc) is 2.81. The number of Topliss-reactive ketones (excluding diaryl/α,β-unsaturated/α-hetero) is 1. The van der Waals surface area contributed by atoms with Crippen molar-refractivity contribution < 1.29 is 27.2 Å². The van der Waals surface area contributed by atoms with Gasteiger partial charge in [-0.25, -0.2) is 12.8 Å². The molecule has 0 aliphatic carbocycles. The zero-order valence-electron chi connectivity index (χ0n) is 21.3. The molecule has 0 saturated heterocycles. The van der Waals surface area contributed by atoms with E-state index >= 15 is 0 Å². The van der Waals surface area contributed by atoms with E-state index in [0.29, 0.717) is 17.7 Å². The summed E-state index contributed by atoms with van der Waals surface area (Å²) >= 11 is 0. The van der Waals surface area contributed by atoms with Crippen LogP contribution >= 0.6 is 0 Å². The number of carbonyl (C=O) groups is 3. The van der Waals surface area contributed by atoms with E-state index in [1.165, 1.54) is 48.2 Å². The summed E-state index contributed by atoms with van der Waals surface area (Å²) in [7, 11) is -3.92. The first-order valence-corrected chi connectivity index (χ1v) is 13.6. The molecule has 0 fully saturated rings. The second kappa shape index (κ2) is 12.6. The van der Waals surface area contributed by atoms with Gasteiger partial charge in [0.25, 0.3) is 0 Å². The summed E-state index contributed by atoms with van der Waals surface area (Å²) in [6.45, 7) is 6.84. The van der Waals surface area contributed by atoms with Gasteiger partial charge in [-0.1, -0.05) is 45.0 Å². The molecule has 8 nitrogen and oxygen atoms in total. The quantitative estimate of drug-likeness (QED) is 0.433. The maximum atomic E-state index is 13.6. The van der Waals surface area contributed by atoms with Gasteiger partial charge < -0.3 is 10.2 Å². The number of ketones is 1. The fraction of sp³-hybridized carbons (Fsp3) is 0.423. The summed E-state index contributed by atoms with van der Waals surface area (Å²) in [5, 5.41) is 2.84. The third-order valence-electron chi connectivity index (χ3n) is 5.56. The Hall–Kier alpha value is -3.27. The topological polar surface area (TPSA) is 104 Å². The van der Waals surface area contributed by atoms with Gasteiger partial charge in [0.1, 0.15) is 18.4 Å². The van der Waals surface area contributed by atoms with Gasteiger partial charge in [-0.05, 0) is 49.1 Å². The highest BCUT2D eigenvalue weighted by atomic mass is 32.2. The molecular weight excluding hydrogens is 485 g/mol. The summed E-state index contributed by atoms with van der Waals surface area (Å²) in [5.41, 5.74) is 1.05. The van der Waals surface area contributed by atoms with Gasteiger partial charge in [-0.15, -0.1) is 0 Å². The molecular formula is C26H34FN3O5S. The fourth-order valence-electron chi connectivity index (χ4n) is 3.62. The van der Waals surface area contributed by atoms with Crippen LogP contribution in [0.25, 0.3) is 0 Å². The largest absolute Gasteiger partial charge is 0.354 e. The van der Waals surface area contributed by atoms with Gasteiger partial charge in [-0.3, -0.25) is 18.7 Å². The number of benzene rings is 2. The highest BCUT2D eigenvalue weighted by Crippen LogP contribution is 2.21. The van der Waals surface area contributed by atoms with Crippen LogP contribution in [-0.2, 0) is 26.2 Å². The minimum atomic E-state index is -3.92. The first-order chi connectivity index (χ1) is 16.8. The Labute approximate surface area is 212 Å². The van der Waals surface area contributed by atoms with E-state index < -0.39 is 34.3 Å². The van der Waals surface area contributed by atoms with Gasteiger partial charge in [0.2, 0.25) is 21.8 Å². The predicted octanol–water partition coefficient (Wildman–Crippen LogP) is 3.37. The second-order valence-electron chi connectivity index (χ2n) is 9.09. The monoisotopic (exact) mass is 519 g/mol. The number of halogens is 1. The number of sulfonamides is 1. The lowest BCUT2D eigenvalue weighted by Gasteiger charge is -2.33. The molecule has 2 rings (SSSR count). The SMILES string of the molecule is CC[C@H](C(=O)NCC(C)C)N(Cc1ccc(F)cc1)C(=O)CN(c1cccc(C(C)=O)c1)S(C)(=O)=O. The number of hydrogen-bond donors (Lipinski definition) is 1. The molecule has 0 radical (unpaired) electrons. The normalized spacial score (nSPS) is 12.2. The molecule has 0 aliphatic heterocycles. The molecule has 0 bridgehead atoms. The maximum Gasteiger partial charge on any atom is 0.244 e. The fourth-order valence-corrected chi connectivity index (χ4v) is 4.46. The third kappa shape index (κ3) is 8.15. The molecule has 36 heavy (non-hydrogen) atoms. The van der Waals surface area contributed by atoms with Crippen LogP contribution in [0, 0.1) is 11.7 Å². The van der Waals surface area contributed by atoms with Crippen LogP contribution in [0.1, 0.15) is 50.0 Å². The third-order valence-corrected chi connectivity index (χ3v) is 6.70. The van der Waals surface area contributed by atoms with Gasteiger partial charge in [-0.2, -0.15) is 0 Å². The van der Waals surface area contributed by atoms with Gasteiger partial charge in [0, 0.05) is 18.7 Å². The summed E-state index contributed by atoms with van der Waals surface area (Å²) in [5.74, 6) is -1.45. The smallest absolute Gasteiger partial charge is 0.244 e. The Bertz CT molecular complexity index is 1180. The standard InChI is InChI=1S/C26H34FN3O5S/c1-6-24(26(33)28-15-18(2)3)29(16-20-10-12-22(27)13-11-20)25(32)17-30(36(5,34)35)23-9-7-8-21(14-23)19(4)31/h7-14,18,24H,6,15-17H2,1-5H3,(H,28,33)/t24-/m1/s1. The highest BCUT2D eigenvalue weighted by Gasteiger charge is 2.31. The minimum absolute atomic E-state index is 0.0161. The van der Waals surface area contributed by atoms with Crippen molar-refractivity contribution in [2.45, 2.75) is 46.7 Å². The van der Waals surface area contributed by atoms with Crippen molar-refractivity contribution in [3.63, 3.8) is 0 Å². The summed E-state index contributed by atoms with van der Waals surface area (Å²) in [4.78, 5) is 39.8. The number of anilines is 1. The van der Waals surface area contributed by atoms with E-state index in [1.54, 1.807) is 19.1 Å². The van der Waals surface area contributed by atoms with Crippen LogP contribution in [0.15, 0.2) is 48.5 Å². The van der Waals surface area contributed by atoms with Crippen molar-refractivity contribution in [2.24, 2.45) is 5.92 Å². The zero-order valence-corrected chi connectivity index (χ0v) is 22.1. The van der Waals surface area contributed by atoms with E-state index in [-0.39, 0.29) is 36.3 Å². The number of amides is 2. The van der Waals surface area contributed by atoms with Gasteiger partial charge >= 0.3 is 0 Å². The Morgan fingerprint density at radius 3 is 2.22 bits per heavy atom. The van der Waals surface area contributed by atoms with Crippen LogP contribution in [0.3, 0.4) is 0 Å². The average molecular weight is 520 g/mol. The van der Waals surface area contributed by atoms with Gasteiger partial charge in [0.15, 0.2) is 5.78 Å². The molecule has 0 unspecified atom stereocenters. The first kappa shape index (κ1) is 29.0. The number of carbonyl (C=O) groups excluding carboxylic acids is 3. The zero-order chi connectivity index (χ0) is 27.0. The van der Waals surface area contributed by atoms with E-state index in [0.717, 1.165) is 10.6 Å². The molecule has 0 heterocycles. The number of rotatable bonds is 12. The van der Waals surface area contributed by atoms with Crippen molar-refractivity contribution in [3.8, 4) is 0 Å². The minimum Gasteiger partial charge on any atom is -0.354 e. The Kier molecular flexibility index (Phi) is 10.2. The lowest BCUT2D eigenvalue weighted by Crippen LogP contribution is -2.52. The molecule has 2 aromatic rings. The maximum absolute atomic E-state index is 13.6. The molecule has 0 spiro atoms. The lowest BCUT2D eigenvalue weighted by molar-refractivity contribution is -0.140. The Morgan fingerprint density at radius 2 is 1.69 bits per heavy atom. The number of nitrogens with zero attached hydrogens (tertiary/aromatic N) is 2. The summed E-state index contributed by atoms with van der Waals surface area (Å²) < 4.78 is 39.7. The molecule has 2 aromatic carbocycles. The number of nitrogens with one attached hydrogen (secondary N) is 1. The van der Waals surface area contributed by atoms with Crippen molar-refractivity contribution in [1.82, 2.24) is 10.2 Å². The van der Waals surface area contributed by atoms with Crippen LogP contribution < -0.4 is 9.62 Å². The molecule has 0 aromatic heterocycles. The Morgan fingerprint density at radius 1 is 1.06 bits per heavy atom. The molecule has 0 aliphatic rings. The molecule has 2 amide bonds. The first-order valence-electron chi connectivity index (χ1n) is 11.7. The molecule has 196 valence electrons. The lowest BCUT2D eigenvalue weighted by atomic mass is 10.1.